The van der Waals surface area contributed by atoms with Crippen molar-refractivity contribution in [3.8, 4) is 0 Å². The smallest absolute Gasteiger partial charge is 0.292 e. The molecule has 1 saturated heterocycles. The molecule has 0 amide bonds. The van der Waals surface area contributed by atoms with Crippen molar-refractivity contribution in [3.63, 3.8) is 0 Å². The van der Waals surface area contributed by atoms with Crippen LogP contribution in [0, 0.1) is 0 Å². The van der Waals surface area contributed by atoms with Crippen molar-refractivity contribution in [1.29, 1.82) is 0 Å². The van der Waals surface area contributed by atoms with E-state index in [9.17, 15) is 4.79 Å². The van der Waals surface area contributed by atoms with Gasteiger partial charge in [0, 0.05) is 16.8 Å². The number of hydrogen-bond donors (Lipinski definition) is 2. The maximum atomic E-state index is 10.9. The van der Waals surface area contributed by atoms with Crippen LogP contribution in [-0.2, 0) is 0 Å². The summed E-state index contributed by atoms with van der Waals surface area (Å²) >= 11 is 3.87. The van der Waals surface area contributed by atoms with Crippen LogP contribution in [0.5, 0.6) is 0 Å². The molecular formula is C8H13N3OS2. The molecule has 2 atom stereocenters. The summed E-state index contributed by atoms with van der Waals surface area (Å²) < 4.78 is 0. The third-order valence-electron chi connectivity index (χ3n) is 2.24. The van der Waals surface area contributed by atoms with Gasteiger partial charge in [0.05, 0.1) is 5.25 Å². The third-order valence-corrected chi connectivity index (χ3v) is 5.50. The van der Waals surface area contributed by atoms with Gasteiger partial charge in [-0.25, -0.2) is 9.89 Å². The number of rotatable bonds is 2. The Morgan fingerprint density at radius 2 is 2.29 bits per heavy atom. The Morgan fingerprint density at radius 3 is 2.93 bits per heavy atom. The maximum Gasteiger partial charge on any atom is 0.340 e. The molecule has 14 heavy (non-hydrogen) atoms. The predicted molar refractivity (Wildman–Crippen MR) is 60.9 cm³/mol. The molecule has 1 fully saturated rings. The third kappa shape index (κ3) is 2.00. The van der Waals surface area contributed by atoms with Crippen LogP contribution in [0.15, 0.2) is 4.79 Å². The summed E-state index contributed by atoms with van der Waals surface area (Å²) in [6, 6.07) is 0. The number of aromatic amines is 2. The second kappa shape index (κ2) is 4.44. The van der Waals surface area contributed by atoms with E-state index in [1.54, 1.807) is 0 Å². The van der Waals surface area contributed by atoms with Gasteiger partial charge in [-0.1, -0.05) is 6.92 Å². The SMILES string of the molecule is CCC1SCCSC1c1n[nH]c(=O)[nH]1. The summed E-state index contributed by atoms with van der Waals surface area (Å²) in [5, 5.41) is 7.36. The van der Waals surface area contributed by atoms with Crippen molar-refractivity contribution in [2.45, 2.75) is 23.8 Å². The number of nitrogens with zero attached hydrogens (tertiary/aromatic N) is 1. The van der Waals surface area contributed by atoms with Crippen molar-refractivity contribution in [3.05, 3.63) is 16.3 Å². The summed E-state index contributed by atoms with van der Waals surface area (Å²) in [6.07, 6.45) is 1.12. The lowest BCUT2D eigenvalue weighted by Crippen LogP contribution is -2.19. The number of thioether (sulfide) groups is 2. The quantitative estimate of drug-likeness (QED) is 0.807. The maximum absolute atomic E-state index is 10.9. The molecule has 4 nitrogen and oxygen atoms in total. The number of nitrogens with one attached hydrogen (secondary N) is 2. The zero-order chi connectivity index (χ0) is 9.97. The zero-order valence-corrected chi connectivity index (χ0v) is 9.58. The molecule has 0 aromatic carbocycles. The normalized spacial score (nSPS) is 27.8. The van der Waals surface area contributed by atoms with Crippen LogP contribution in [0.4, 0.5) is 0 Å². The second-order valence-electron chi connectivity index (χ2n) is 3.17. The van der Waals surface area contributed by atoms with E-state index in [1.807, 2.05) is 23.5 Å². The molecule has 1 aliphatic heterocycles. The fourth-order valence-corrected chi connectivity index (χ4v) is 4.59. The molecule has 0 radical (unpaired) electrons. The lowest BCUT2D eigenvalue weighted by Gasteiger charge is -2.27. The Balaban J connectivity index is 2.18. The molecule has 2 rings (SSSR count). The number of H-pyrrole nitrogens is 2. The Kier molecular flexibility index (Phi) is 3.22. The second-order valence-corrected chi connectivity index (χ2v) is 5.77. The van der Waals surface area contributed by atoms with Gasteiger partial charge in [-0.05, 0) is 6.42 Å². The van der Waals surface area contributed by atoms with Gasteiger partial charge in [-0.3, -0.25) is 4.98 Å². The number of hydrogen-bond acceptors (Lipinski definition) is 4. The summed E-state index contributed by atoms with van der Waals surface area (Å²) in [5.74, 6) is 3.15. The van der Waals surface area contributed by atoms with E-state index in [-0.39, 0.29) is 5.69 Å². The molecule has 0 aliphatic carbocycles. The first-order valence-corrected chi connectivity index (χ1v) is 6.78. The molecule has 2 heterocycles. The topological polar surface area (TPSA) is 61.5 Å². The monoisotopic (exact) mass is 231 g/mol. The van der Waals surface area contributed by atoms with Crippen LogP contribution in [-0.4, -0.2) is 31.9 Å². The zero-order valence-electron chi connectivity index (χ0n) is 7.95. The van der Waals surface area contributed by atoms with Crippen molar-refractivity contribution in [1.82, 2.24) is 15.2 Å². The molecule has 6 heteroatoms. The van der Waals surface area contributed by atoms with Crippen LogP contribution in [0.3, 0.4) is 0 Å². The van der Waals surface area contributed by atoms with Gasteiger partial charge >= 0.3 is 5.69 Å². The summed E-state index contributed by atoms with van der Waals surface area (Å²) in [6.45, 7) is 2.18. The molecular weight excluding hydrogens is 218 g/mol. The fraction of sp³-hybridized carbons (Fsp3) is 0.750. The molecule has 2 unspecified atom stereocenters. The highest BCUT2D eigenvalue weighted by Gasteiger charge is 2.28. The lowest BCUT2D eigenvalue weighted by atomic mass is 10.2. The highest BCUT2D eigenvalue weighted by Crippen LogP contribution is 2.42. The van der Waals surface area contributed by atoms with Gasteiger partial charge in [0.1, 0.15) is 5.82 Å². The first kappa shape index (κ1) is 10.2. The predicted octanol–water partition coefficient (Wildman–Crippen LogP) is 1.40. The molecule has 2 N–H and O–H groups in total. The van der Waals surface area contributed by atoms with E-state index in [0.29, 0.717) is 10.5 Å². The minimum absolute atomic E-state index is 0.203. The Morgan fingerprint density at radius 1 is 1.50 bits per heavy atom. The average molecular weight is 231 g/mol. The van der Waals surface area contributed by atoms with Gasteiger partial charge in [0.15, 0.2) is 0 Å². The molecule has 0 saturated carbocycles. The summed E-state index contributed by atoms with van der Waals surface area (Å²) in [7, 11) is 0. The van der Waals surface area contributed by atoms with E-state index in [4.69, 9.17) is 0 Å². The standard InChI is InChI=1S/C8H13N3OS2/c1-2-5-6(14-4-3-13-5)7-9-8(12)11-10-7/h5-6H,2-4H2,1H3,(H2,9,10,11,12). The Labute approximate surface area is 90.6 Å². The minimum Gasteiger partial charge on any atom is -0.292 e. The van der Waals surface area contributed by atoms with Crippen LogP contribution >= 0.6 is 23.5 Å². The van der Waals surface area contributed by atoms with E-state index in [2.05, 4.69) is 22.1 Å². The van der Waals surface area contributed by atoms with Crippen molar-refractivity contribution < 1.29 is 0 Å². The number of aromatic nitrogens is 3. The molecule has 1 aromatic heterocycles. The van der Waals surface area contributed by atoms with Crippen LogP contribution < -0.4 is 5.69 Å². The van der Waals surface area contributed by atoms with Crippen molar-refractivity contribution in [2.24, 2.45) is 0 Å². The highest BCUT2D eigenvalue weighted by atomic mass is 32.2. The van der Waals surface area contributed by atoms with Gasteiger partial charge in [-0.2, -0.15) is 16.9 Å². The first-order valence-electron chi connectivity index (χ1n) is 4.69. The van der Waals surface area contributed by atoms with Gasteiger partial charge in [0.25, 0.3) is 0 Å². The van der Waals surface area contributed by atoms with Gasteiger partial charge in [-0.15, -0.1) is 11.8 Å². The summed E-state index contributed by atoms with van der Waals surface area (Å²) in [5.41, 5.74) is -0.203. The van der Waals surface area contributed by atoms with Gasteiger partial charge in [0.2, 0.25) is 0 Å². The minimum atomic E-state index is -0.203. The first-order chi connectivity index (χ1) is 6.81. The fourth-order valence-electron chi connectivity index (χ4n) is 1.57. The Hall–Kier alpha value is -0.360. The van der Waals surface area contributed by atoms with E-state index >= 15 is 0 Å². The van der Waals surface area contributed by atoms with E-state index in [1.165, 1.54) is 5.75 Å². The Bertz CT molecular complexity index is 348. The largest absolute Gasteiger partial charge is 0.340 e. The van der Waals surface area contributed by atoms with Crippen LogP contribution in [0.2, 0.25) is 0 Å². The molecule has 0 bridgehead atoms. The average Bonchev–Trinajstić information content (AvgIpc) is 2.65. The summed E-state index contributed by atoms with van der Waals surface area (Å²) in [4.78, 5) is 13.7. The molecule has 1 aliphatic rings. The molecule has 78 valence electrons. The van der Waals surface area contributed by atoms with Crippen LogP contribution in [0.25, 0.3) is 0 Å². The molecule has 1 aromatic rings. The lowest BCUT2D eigenvalue weighted by molar-refractivity contribution is 0.753. The van der Waals surface area contributed by atoms with Crippen molar-refractivity contribution >= 4 is 23.5 Å². The van der Waals surface area contributed by atoms with E-state index < -0.39 is 0 Å². The highest BCUT2D eigenvalue weighted by molar-refractivity contribution is 8.06. The van der Waals surface area contributed by atoms with Crippen LogP contribution in [0.1, 0.15) is 24.4 Å². The molecule has 0 spiro atoms. The van der Waals surface area contributed by atoms with Gasteiger partial charge < -0.3 is 0 Å². The van der Waals surface area contributed by atoms with Crippen molar-refractivity contribution in [2.75, 3.05) is 11.5 Å². The van der Waals surface area contributed by atoms with E-state index in [0.717, 1.165) is 18.0 Å².